The van der Waals surface area contributed by atoms with Gasteiger partial charge in [0.1, 0.15) is 0 Å². The first-order chi connectivity index (χ1) is 10.0. The molecule has 1 aromatic carbocycles. The molecule has 2 aromatic heterocycles. The molecule has 0 saturated carbocycles. The van der Waals surface area contributed by atoms with Crippen LogP contribution in [0.15, 0.2) is 18.2 Å². The zero-order chi connectivity index (χ0) is 15.1. The fourth-order valence-corrected chi connectivity index (χ4v) is 3.86. The van der Waals surface area contributed by atoms with Crippen molar-refractivity contribution >= 4 is 16.3 Å². The summed E-state index contributed by atoms with van der Waals surface area (Å²) in [5.41, 5.74) is 13.2. The summed E-state index contributed by atoms with van der Waals surface area (Å²) in [6, 6.07) is 6.55. The number of aromatic nitrogens is 2. The van der Waals surface area contributed by atoms with E-state index >= 15 is 0 Å². The maximum Gasteiger partial charge on any atom is 0.194 e. The molecule has 0 atom stereocenters. The van der Waals surface area contributed by atoms with Crippen LogP contribution in [-0.2, 0) is 6.42 Å². The molecule has 4 heteroatoms. The van der Waals surface area contributed by atoms with Crippen LogP contribution in [0.5, 0.6) is 0 Å². The molecule has 110 valence electrons. The van der Waals surface area contributed by atoms with Crippen LogP contribution in [0.3, 0.4) is 0 Å². The number of benzene rings is 1. The quantitative estimate of drug-likeness (QED) is 0.799. The molecule has 0 aliphatic carbocycles. The van der Waals surface area contributed by atoms with Gasteiger partial charge in [-0.25, -0.2) is 4.98 Å². The van der Waals surface area contributed by atoms with Crippen LogP contribution >= 0.6 is 11.3 Å². The SMILES string of the molecule is Cc1ccc(-c2nc3sc(C)c(C)n3c2CCN)c(C)c1. The summed E-state index contributed by atoms with van der Waals surface area (Å²) in [6.07, 6.45) is 0.848. The number of imidazole rings is 1. The lowest BCUT2D eigenvalue weighted by atomic mass is 10.0. The molecule has 0 fully saturated rings. The van der Waals surface area contributed by atoms with E-state index in [9.17, 15) is 0 Å². The van der Waals surface area contributed by atoms with Crippen molar-refractivity contribution in [2.24, 2.45) is 5.73 Å². The van der Waals surface area contributed by atoms with Crippen LogP contribution in [0.2, 0.25) is 0 Å². The van der Waals surface area contributed by atoms with E-state index in [2.05, 4.69) is 50.3 Å². The predicted octanol–water partition coefficient (Wildman–Crippen LogP) is 3.80. The summed E-state index contributed by atoms with van der Waals surface area (Å²) in [7, 11) is 0. The molecule has 0 amide bonds. The summed E-state index contributed by atoms with van der Waals surface area (Å²) < 4.78 is 2.28. The van der Waals surface area contributed by atoms with Crippen molar-refractivity contribution in [1.82, 2.24) is 9.38 Å². The second-order valence-electron chi connectivity index (χ2n) is 5.63. The lowest BCUT2D eigenvalue weighted by Crippen LogP contribution is -2.07. The number of nitrogens with two attached hydrogens (primary N) is 1. The molecule has 3 aromatic rings. The predicted molar refractivity (Wildman–Crippen MR) is 90.2 cm³/mol. The zero-order valence-corrected chi connectivity index (χ0v) is 13.8. The lowest BCUT2D eigenvalue weighted by molar-refractivity contribution is 0.895. The van der Waals surface area contributed by atoms with Gasteiger partial charge in [-0.05, 0) is 39.8 Å². The maximum atomic E-state index is 5.84. The Morgan fingerprint density at radius 3 is 2.62 bits per heavy atom. The molecule has 0 bridgehead atoms. The van der Waals surface area contributed by atoms with Crippen LogP contribution in [0.25, 0.3) is 16.2 Å². The Kier molecular flexibility index (Phi) is 3.59. The fraction of sp³-hybridized carbons (Fsp3) is 0.353. The van der Waals surface area contributed by atoms with E-state index < -0.39 is 0 Å². The lowest BCUT2D eigenvalue weighted by Gasteiger charge is -2.08. The normalized spacial score (nSPS) is 11.5. The fourth-order valence-electron chi connectivity index (χ4n) is 2.88. The molecule has 0 saturated heterocycles. The van der Waals surface area contributed by atoms with Gasteiger partial charge in [-0.1, -0.05) is 23.8 Å². The molecule has 0 unspecified atom stereocenters. The van der Waals surface area contributed by atoms with Crippen LogP contribution in [-0.4, -0.2) is 15.9 Å². The van der Waals surface area contributed by atoms with Gasteiger partial charge in [-0.2, -0.15) is 0 Å². The highest BCUT2D eigenvalue weighted by Gasteiger charge is 2.18. The first-order valence-corrected chi connectivity index (χ1v) is 8.09. The van der Waals surface area contributed by atoms with Crippen molar-refractivity contribution < 1.29 is 0 Å². The number of fused-ring (bicyclic) bond motifs is 1. The van der Waals surface area contributed by atoms with E-state index in [1.165, 1.54) is 33.0 Å². The highest BCUT2D eigenvalue weighted by molar-refractivity contribution is 7.17. The summed E-state index contributed by atoms with van der Waals surface area (Å²) in [6.45, 7) is 9.22. The van der Waals surface area contributed by atoms with Gasteiger partial charge in [0.05, 0.1) is 11.4 Å². The Bertz CT molecular complexity index is 811. The molecule has 0 radical (unpaired) electrons. The summed E-state index contributed by atoms with van der Waals surface area (Å²) >= 11 is 1.75. The van der Waals surface area contributed by atoms with Gasteiger partial charge in [0, 0.05) is 22.6 Å². The molecular formula is C17H21N3S. The second-order valence-corrected chi connectivity index (χ2v) is 6.81. The number of rotatable bonds is 3. The molecular weight excluding hydrogens is 278 g/mol. The third kappa shape index (κ3) is 2.28. The molecule has 3 rings (SSSR count). The molecule has 3 nitrogen and oxygen atoms in total. The van der Waals surface area contributed by atoms with E-state index in [1.54, 1.807) is 11.3 Å². The smallest absolute Gasteiger partial charge is 0.194 e. The van der Waals surface area contributed by atoms with E-state index in [-0.39, 0.29) is 0 Å². The minimum absolute atomic E-state index is 0.639. The summed E-state index contributed by atoms with van der Waals surface area (Å²) in [5, 5.41) is 0. The average Bonchev–Trinajstić information content (AvgIpc) is 2.89. The van der Waals surface area contributed by atoms with Gasteiger partial charge in [-0.15, -0.1) is 11.3 Å². The Balaban J connectivity index is 2.29. The largest absolute Gasteiger partial charge is 0.330 e. The number of thiazole rings is 1. The Labute approximate surface area is 129 Å². The van der Waals surface area contributed by atoms with Gasteiger partial charge < -0.3 is 5.73 Å². The first kappa shape index (κ1) is 14.3. The van der Waals surface area contributed by atoms with Crippen LogP contribution < -0.4 is 5.73 Å². The highest BCUT2D eigenvalue weighted by atomic mass is 32.1. The Morgan fingerprint density at radius 2 is 1.95 bits per heavy atom. The van der Waals surface area contributed by atoms with Crippen molar-refractivity contribution in [3.8, 4) is 11.3 Å². The van der Waals surface area contributed by atoms with Crippen molar-refractivity contribution in [2.75, 3.05) is 6.54 Å². The van der Waals surface area contributed by atoms with E-state index in [0.29, 0.717) is 6.54 Å². The monoisotopic (exact) mass is 299 g/mol. The third-order valence-electron chi connectivity index (χ3n) is 4.05. The second kappa shape index (κ2) is 5.28. The maximum absolute atomic E-state index is 5.84. The summed E-state index contributed by atoms with van der Waals surface area (Å²) in [5.74, 6) is 0. The van der Waals surface area contributed by atoms with Crippen LogP contribution in [0.1, 0.15) is 27.4 Å². The number of hydrogen-bond acceptors (Lipinski definition) is 3. The van der Waals surface area contributed by atoms with E-state index in [4.69, 9.17) is 10.7 Å². The van der Waals surface area contributed by atoms with Crippen LogP contribution in [0.4, 0.5) is 0 Å². The Hall–Kier alpha value is -1.65. The standard InChI is InChI=1S/C17H21N3S/c1-10-5-6-14(11(2)9-10)16-15(7-8-18)20-12(3)13(4)21-17(20)19-16/h5-6,9H,7-8,18H2,1-4H3. The minimum Gasteiger partial charge on any atom is -0.330 e. The van der Waals surface area contributed by atoms with Gasteiger partial charge in [0.15, 0.2) is 4.96 Å². The third-order valence-corrected chi connectivity index (χ3v) is 5.11. The van der Waals surface area contributed by atoms with Crippen molar-refractivity contribution in [2.45, 2.75) is 34.1 Å². The first-order valence-electron chi connectivity index (χ1n) is 7.28. The van der Waals surface area contributed by atoms with Crippen molar-refractivity contribution in [1.29, 1.82) is 0 Å². The topological polar surface area (TPSA) is 43.3 Å². The average molecular weight is 299 g/mol. The number of nitrogens with zero attached hydrogens (tertiary/aromatic N) is 2. The van der Waals surface area contributed by atoms with E-state index in [1.807, 2.05) is 0 Å². The van der Waals surface area contributed by atoms with Gasteiger partial charge in [0.25, 0.3) is 0 Å². The number of hydrogen-bond donors (Lipinski definition) is 1. The molecule has 0 aliphatic heterocycles. The molecule has 0 aliphatic rings. The minimum atomic E-state index is 0.639. The molecule has 2 N–H and O–H groups in total. The van der Waals surface area contributed by atoms with Crippen molar-refractivity contribution in [3.63, 3.8) is 0 Å². The van der Waals surface area contributed by atoms with E-state index in [0.717, 1.165) is 17.1 Å². The van der Waals surface area contributed by atoms with Gasteiger partial charge in [-0.3, -0.25) is 4.40 Å². The Morgan fingerprint density at radius 1 is 1.19 bits per heavy atom. The molecule has 21 heavy (non-hydrogen) atoms. The zero-order valence-electron chi connectivity index (χ0n) is 13.0. The highest BCUT2D eigenvalue weighted by Crippen LogP contribution is 2.32. The van der Waals surface area contributed by atoms with Crippen LogP contribution in [0, 0.1) is 27.7 Å². The number of aryl methyl sites for hydroxylation is 4. The molecule has 2 heterocycles. The van der Waals surface area contributed by atoms with Gasteiger partial charge in [0.2, 0.25) is 0 Å². The molecule has 0 spiro atoms. The van der Waals surface area contributed by atoms with Gasteiger partial charge >= 0.3 is 0 Å². The summed E-state index contributed by atoms with van der Waals surface area (Å²) in [4.78, 5) is 7.29. The van der Waals surface area contributed by atoms with Crippen molar-refractivity contribution in [3.05, 3.63) is 45.6 Å².